The Hall–Kier alpha value is -2.94. The third-order valence-corrected chi connectivity index (χ3v) is 4.81. The molecule has 1 unspecified atom stereocenters. The molecule has 0 fully saturated rings. The molecule has 0 saturated carbocycles. The van der Waals surface area contributed by atoms with Gasteiger partial charge in [0, 0.05) is 29.0 Å². The van der Waals surface area contributed by atoms with Crippen LogP contribution in [0.15, 0.2) is 78.0 Å². The Morgan fingerprint density at radius 3 is 2.32 bits per heavy atom. The van der Waals surface area contributed by atoms with E-state index in [1.165, 1.54) is 0 Å². The Labute approximate surface area is 147 Å². The molecule has 124 valence electrons. The van der Waals surface area contributed by atoms with Crippen LogP contribution in [0.2, 0.25) is 0 Å². The second kappa shape index (κ2) is 6.52. The minimum atomic E-state index is -0.512. The van der Waals surface area contributed by atoms with E-state index in [1.54, 1.807) is 0 Å². The van der Waals surface area contributed by atoms with E-state index in [4.69, 9.17) is 0 Å². The highest BCUT2D eigenvalue weighted by atomic mass is 16.1. The molecule has 0 bridgehead atoms. The number of ketones is 2. The molecule has 0 amide bonds. The summed E-state index contributed by atoms with van der Waals surface area (Å²) < 4.78 is 0. The summed E-state index contributed by atoms with van der Waals surface area (Å²) in [6.07, 6.45) is 4.07. The van der Waals surface area contributed by atoms with E-state index in [9.17, 15) is 9.59 Å². The number of allylic oxidation sites excluding steroid dienone is 3. The summed E-state index contributed by atoms with van der Waals surface area (Å²) in [5, 5.41) is 3.41. The molecule has 3 nitrogen and oxygen atoms in total. The first-order chi connectivity index (χ1) is 12.2. The lowest BCUT2D eigenvalue weighted by Crippen LogP contribution is -2.33. The van der Waals surface area contributed by atoms with Crippen LogP contribution in [0.25, 0.3) is 5.70 Å². The topological polar surface area (TPSA) is 46.2 Å². The van der Waals surface area contributed by atoms with Crippen LogP contribution in [0.4, 0.5) is 0 Å². The number of benzene rings is 2. The SMILES string of the molecule is O=C1CCCC2=C1C(C(=O)c1ccccc1)C=C(c1ccccc1)N2. The van der Waals surface area contributed by atoms with E-state index in [0.29, 0.717) is 17.6 Å². The second-order valence-electron chi connectivity index (χ2n) is 6.45. The van der Waals surface area contributed by atoms with Gasteiger partial charge in [-0.05, 0) is 24.5 Å². The average Bonchev–Trinajstić information content (AvgIpc) is 2.68. The largest absolute Gasteiger partial charge is 0.358 e. The number of hydrogen-bond acceptors (Lipinski definition) is 3. The third kappa shape index (κ3) is 2.93. The van der Waals surface area contributed by atoms with Gasteiger partial charge in [-0.15, -0.1) is 0 Å². The average molecular weight is 329 g/mol. The summed E-state index contributed by atoms with van der Waals surface area (Å²) >= 11 is 0. The number of dihydropyridines is 1. The van der Waals surface area contributed by atoms with Crippen molar-refractivity contribution in [3.8, 4) is 0 Å². The maximum Gasteiger partial charge on any atom is 0.174 e. The lowest BCUT2D eigenvalue weighted by Gasteiger charge is -2.30. The van der Waals surface area contributed by atoms with Crippen molar-refractivity contribution in [2.75, 3.05) is 0 Å². The summed E-state index contributed by atoms with van der Waals surface area (Å²) in [6, 6.07) is 19.2. The minimum absolute atomic E-state index is 0.0155. The molecule has 2 aromatic rings. The molecule has 0 radical (unpaired) electrons. The second-order valence-corrected chi connectivity index (χ2v) is 6.45. The number of carbonyl (C=O) groups is 2. The van der Waals surface area contributed by atoms with E-state index in [2.05, 4.69) is 5.32 Å². The molecule has 25 heavy (non-hydrogen) atoms. The first-order valence-electron chi connectivity index (χ1n) is 8.64. The lowest BCUT2D eigenvalue weighted by molar-refractivity contribution is -0.116. The first-order valence-corrected chi connectivity index (χ1v) is 8.64. The molecule has 1 N–H and O–H groups in total. The Morgan fingerprint density at radius 2 is 1.60 bits per heavy atom. The summed E-state index contributed by atoms with van der Waals surface area (Å²) in [7, 11) is 0. The molecule has 2 aromatic carbocycles. The van der Waals surface area contributed by atoms with Crippen molar-refractivity contribution in [2.45, 2.75) is 19.3 Å². The standard InChI is InChI=1S/C22H19NO2/c24-20-13-7-12-18-21(20)17(22(25)16-10-5-2-6-11-16)14-19(23-18)15-8-3-1-4-9-15/h1-6,8-11,14,17,23H,7,12-13H2. The van der Waals surface area contributed by atoms with Crippen LogP contribution < -0.4 is 5.32 Å². The van der Waals surface area contributed by atoms with Crippen molar-refractivity contribution < 1.29 is 9.59 Å². The van der Waals surface area contributed by atoms with Gasteiger partial charge in [-0.2, -0.15) is 0 Å². The van der Waals surface area contributed by atoms with Gasteiger partial charge < -0.3 is 5.32 Å². The summed E-state index contributed by atoms with van der Waals surface area (Å²) in [5.41, 5.74) is 4.14. The Balaban J connectivity index is 1.79. The van der Waals surface area contributed by atoms with Crippen LogP contribution in [0.1, 0.15) is 35.2 Å². The highest BCUT2D eigenvalue weighted by Gasteiger charge is 2.35. The van der Waals surface area contributed by atoms with Crippen molar-refractivity contribution in [2.24, 2.45) is 5.92 Å². The Kier molecular flexibility index (Phi) is 4.06. The fourth-order valence-corrected chi connectivity index (χ4v) is 3.58. The van der Waals surface area contributed by atoms with Crippen LogP contribution in [0, 0.1) is 5.92 Å². The molecule has 0 saturated heterocycles. The predicted molar refractivity (Wildman–Crippen MR) is 97.7 cm³/mol. The predicted octanol–water partition coefficient (Wildman–Crippen LogP) is 4.14. The normalized spacial score (nSPS) is 19.8. The van der Waals surface area contributed by atoms with Crippen LogP contribution >= 0.6 is 0 Å². The molecule has 4 rings (SSSR count). The number of rotatable bonds is 3. The van der Waals surface area contributed by atoms with E-state index in [0.717, 1.165) is 29.8 Å². The number of Topliss-reactive ketones (excluding diaryl/α,β-unsaturated/α-hetero) is 2. The van der Waals surface area contributed by atoms with Crippen LogP contribution in [0.3, 0.4) is 0 Å². The molecule has 1 aliphatic carbocycles. The quantitative estimate of drug-likeness (QED) is 0.861. The van der Waals surface area contributed by atoms with Crippen molar-refractivity contribution in [1.29, 1.82) is 0 Å². The van der Waals surface area contributed by atoms with Crippen LogP contribution in [-0.2, 0) is 4.79 Å². The van der Waals surface area contributed by atoms with Gasteiger partial charge in [0.2, 0.25) is 0 Å². The molecule has 1 aliphatic heterocycles. The van der Waals surface area contributed by atoms with Gasteiger partial charge in [0.15, 0.2) is 11.6 Å². The van der Waals surface area contributed by atoms with Gasteiger partial charge in [-0.25, -0.2) is 0 Å². The zero-order valence-corrected chi connectivity index (χ0v) is 13.9. The van der Waals surface area contributed by atoms with Gasteiger partial charge in [0.1, 0.15) is 0 Å². The molecule has 0 spiro atoms. The summed E-state index contributed by atoms with van der Waals surface area (Å²) in [6.45, 7) is 0. The van der Waals surface area contributed by atoms with Gasteiger partial charge in [0.05, 0.1) is 5.92 Å². The smallest absolute Gasteiger partial charge is 0.174 e. The molecule has 3 heteroatoms. The van der Waals surface area contributed by atoms with Crippen LogP contribution in [0.5, 0.6) is 0 Å². The van der Waals surface area contributed by atoms with E-state index in [1.807, 2.05) is 66.7 Å². The lowest BCUT2D eigenvalue weighted by atomic mass is 9.79. The number of hydrogen-bond donors (Lipinski definition) is 1. The fraction of sp³-hybridized carbons (Fsp3) is 0.182. The van der Waals surface area contributed by atoms with Crippen molar-refractivity contribution in [1.82, 2.24) is 5.32 Å². The van der Waals surface area contributed by atoms with Crippen molar-refractivity contribution >= 4 is 17.3 Å². The molecule has 0 aromatic heterocycles. The maximum atomic E-state index is 13.1. The van der Waals surface area contributed by atoms with Crippen molar-refractivity contribution in [3.63, 3.8) is 0 Å². The monoisotopic (exact) mass is 329 g/mol. The van der Waals surface area contributed by atoms with Crippen molar-refractivity contribution in [3.05, 3.63) is 89.1 Å². The number of carbonyl (C=O) groups excluding carboxylic acids is 2. The zero-order valence-electron chi connectivity index (χ0n) is 13.9. The molecular weight excluding hydrogens is 310 g/mol. The van der Waals surface area contributed by atoms with Crippen LogP contribution in [-0.4, -0.2) is 11.6 Å². The van der Waals surface area contributed by atoms with Gasteiger partial charge >= 0.3 is 0 Å². The molecule has 1 atom stereocenters. The van der Waals surface area contributed by atoms with Gasteiger partial charge in [0.25, 0.3) is 0 Å². The van der Waals surface area contributed by atoms with E-state index >= 15 is 0 Å². The Bertz CT molecular complexity index is 879. The molecular formula is C22H19NO2. The third-order valence-electron chi connectivity index (χ3n) is 4.81. The maximum absolute atomic E-state index is 13.1. The highest BCUT2D eigenvalue weighted by Crippen LogP contribution is 2.35. The Morgan fingerprint density at radius 1 is 0.920 bits per heavy atom. The minimum Gasteiger partial charge on any atom is -0.358 e. The van der Waals surface area contributed by atoms with Gasteiger partial charge in [-0.1, -0.05) is 60.7 Å². The highest BCUT2D eigenvalue weighted by molar-refractivity contribution is 6.10. The zero-order chi connectivity index (χ0) is 17.2. The first kappa shape index (κ1) is 15.6. The number of nitrogens with one attached hydrogen (secondary N) is 1. The summed E-state index contributed by atoms with van der Waals surface area (Å²) in [4.78, 5) is 25.7. The molecule has 2 aliphatic rings. The molecule has 1 heterocycles. The van der Waals surface area contributed by atoms with E-state index < -0.39 is 5.92 Å². The summed E-state index contributed by atoms with van der Waals surface area (Å²) in [5.74, 6) is -0.439. The van der Waals surface area contributed by atoms with E-state index in [-0.39, 0.29) is 11.6 Å². The van der Waals surface area contributed by atoms with Gasteiger partial charge in [-0.3, -0.25) is 9.59 Å². The fourth-order valence-electron chi connectivity index (χ4n) is 3.58.